The number of halogens is 1. The molecule has 3 aromatic carbocycles. The zero-order valence-electron chi connectivity index (χ0n) is 13.0. The summed E-state index contributed by atoms with van der Waals surface area (Å²) in [5.41, 5.74) is 3.52. The normalized spacial score (nSPS) is 10.9. The molecule has 0 radical (unpaired) electrons. The summed E-state index contributed by atoms with van der Waals surface area (Å²) in [7, 11) is 0. The molecule has 116 valence electrons. The first-order valence-electron chi connectivity index (χ1n) is 7.84. The molecule has 0 aromatic heterocycles. The van der Waals surface area contributed by atoms with Crippen LogP contribution in [0.1, 0.15) is 16.7 Å². The Morgan fingerprint density at radius 3 is 1.57 bits per heavy atom. The third-order valence-electron chi connectivity index (χ3n) is 3.79. The van der Waals surface area contributed by atoms with Crippen molar-refractivity contribution in [2.45, 2.75) is 19.6 Å². The van der Waals surface area contributed by atoms with Gasteiger partial charge in [0.2, 0.25) is 0 Å². The van der Waals surface area contributed by atoms with Gasteiger partial charge in [-0.15, -0.1) is 0 Å². The van der Waals surface area contributed by atoms with Crippen molar-refractivity contribution in [3.63, 3.8) is 0 Å². The summed E-state index contributed by atoms with van der Waals surface area (Å²) in [6.45, 7) is 2.40. The Balaban J connectivity index is 1.77. The molecule has 0 saturated heterocycles. The average molecular weight is 305 g/mol. The number of hydrogen-bond acceptors (Lipinski definition) is 1. The lowest BCUT2D eigenvalue weighted by Crippen LogP contribution is -2.22. The van der Waals surface area contributed by atoms with Crippen molar-refractivity contribution in [3.8, 4) is 0 Å². The molecule has 0 aliphatic heterocycles. The van der Waals surface area contributed by atoms with Crippen molar-refractivity contribution >= 4 is 0 Å². The van der Waals surface area contributed by atoms with Crippen LogP contribution in [0, 0.1) is 5.82 Å². The average Bonchev–Trinajstić information content (AvgIpc) is 2.57. The molecule has 0 heterocycles. The van der Waals surface area contributed by atoms with E-state index in [9.17, 15) is 4.39 Å². The van der Waals surface area contributed by atoms with Crippen LogP contribution < -0.4 is 0 Å². The Morgan fingerprint density at radius 2 is 1.04 bits per heavy atom. The third-order valence-corrected chi connectivity index (χ3v) is 3.79. The topological polar surface area (TPSA) is 3.24 Å². The molecule has 0 fully saturated rings. The molecule has 0 atom stereocenters. The van der Waals surface area contributed by atoms with Gasteiger partial charge in [0.05, 0.1) is 0 Å². The SMILES string of the molecule is Fc1cccc(CN(Cc2ccccc2)Cc2ccccc2)c1. The zero-order valence-corrected chi connectivity index (χ0v) is 13.0. The molecule has 0 N–H and O–H groups in total. The van der Waals surface area contributed by atoms with Gasteiger partial charge in [0, 0.05) is 19.6 Å². The van der Waals surface area contributed by atoms with Gasteiger partial charge in [-0.25, -0.2) is 4.39 Å². The molecule has 0 unspecified atom stereocenters. The molecule has 0 amide bonds. The molecule has 1 nitrogen and oxygen atoms in total. The van der Waals surface area contributed by atoms with E-state index in [2.05, 4.69) is 53.4 Å². The van der Waals surface area contributed by atoms with Crippen LogP contribution in [0.5, 0.6) is 0 Å². The maximum Gasteiger partial charge on any atom is 0.123 e. The van der Waals surface area contributed by atoms with Gasteiger partial charge in [0.1, 0.15) is 5.82 Å². The highest BCUT2D eigenvalue weighted by Crippen LogP contribution is 2.14. The van der Waals surface area contributed by atoms with E-state index in [0.29, 0.717) is 0 Å². The first kappa shape index (κ1) is 15.4. The summed E-state index contributed by atoms with van der Waals surface area (Å²) in [5.74, 6) is -0.179. The summed E-state index contributed by atoms with van der Waals surface area (Å²) < 4.78 is 13.5. The zero-order chi connectivity index (χ0) is 15.9. The summed E-state index contributed by atoms with van der Waals surface area (Å²) >= 11 is 0. The highest BCUT2D eigenvalue weighted by molar-refractivity contribution is 5.19. The lowest BCUT2D eigenvalue weighted by molar-refractivity contribution is 0.247. The van der Waals surface area contributed by atoms with E-state index in [4.69, 9.17) is 0 Å². The minimum atomic E-state index is -0.179. The van der Waals surface area contributed by atoms with Crippen molar-refractivity contribution in [2.24, 2.45) is 0 Å². The quantitative estimate of drug-likeness (QED) is 0.617. The Morgan fingerprint density at radius 1 is 0.565 bits per heavy atom. The highest BCUT2D eigenvalue weighted by Gasteiger charge is 2.09. The molecule has 23 heavy (non-hydrogen) atoms. The van der Waals surface area contributed by atoms with Gasteiger partial charge in [-0.05, 0) is 28.8 Å². The Kier molecular flexibility index (Phi) is 5.17. The summed E-state index contributed by atoms with van der Waals surface area (Å²) in [6, 6.07) is 27.6. The van der Waals surface area contributed by atoms with Crippen molar-refractivity contribution in [1.29, 1.82) is 0 Å². The van der Waals surface area contributed by atoms with E-state index in [0.717, 1.165) is 25.2 Å². The lowest BCUT2D eigenvalue weighted by atomic mass is 10.1. The van der Waals surface area contributed by atoms with E-state index in [-0.39, 0.29) is 5.82 Å². The van der Waals surface area contributed by atoms with Gasteiger partial charge >= 0.3 is 0 Å². The standard InChI is InChI=1S/C21H20FN/c22-21-13-7-12-20(14-21)17-23(15-18-8-3-1-4-9-18)16-19-10-5-2-6-11-19/h1-14H,15-17H2. The van der Waals surface area contributed by atoms with Crippen LogP contribution in [0.15, 0.2) is 84.9 Å². The van der Waals surface area contributed by atoms with Crippen LogP contribution >= 0.6 is 0 Å². The molecule has 0 spiro atoms. The molecule has 0 aliphatic carbocycles. The Hall–Kier alpha value is -2.45. The molecule has 0 aliphatic rings. The first-order valence-corrected chi connectivity index (χ1v) is 7.84. The fourth-order valence-corrected chi connectivity index (χ4v) is 2.74. The first-order chi connectivity index (χ1) is 11.3. The monoisotopic (exact) mass is 305 g/mol. The van der Waals surface area contributed by atoms with Crippen molar-refractivity contribution in [1.82, 2.24) is 4.90 Å². The van der Waals surface area contributed by atoms with Gasteiger partial charge in [-0.3, -0.25) is 4.90 Å². The second-order valence-corrected chi connectivity index (χ2v) is 5.75. The maximum absolute atomic E-state index is 13.5. The van der Waals surface area contributed by atoms with Crippen LogP contribution in [0.25, 0.3) is 0 Å². The predicted octanol–water partition coefficient (Wildman–Crippen LogP) is 5.03. The van der Waals surface area contributed by atoms with E-state index < -0.39 is 0 Å². The smallest absolute Gasteiger partial charge is 0.123 e. The number of rotatable bonds is 6. The molecule has 0 bridgehead atoms. The maximum atomic E-state index is 13.5. The summed E-state index contributed by atoms with van der Waals surface area (Å²) in [4.78, 5) is 2.33. The van der Waals surface area contributed by atoms with Gasteiger partial charge in [-0.2, -0.15) is 0 Å². The lowest BCUT2D eigenvalue weighted by Gasteiger charge is -2.23. The minimum absolute atomic E-state index is 0.179. The van der Waals surface area contributed by atoms with Gasteiger partial charge in [0.25, 0.3) is 0 Å². The second-order valence-electron chi connectivity index (χ2n) is 5.75. The van der Waals surface area contributed by atoms with Gasteiger partial charge < -0.3 is 0 Å². The Labute approximate surface area is 137 Å². The Bertz CT molecular complexity index is 684. The van der Waals surface area contributed by atoms with Crippen LogP contribution in [0.2, 0.25) is 0 Å². The van der Waals surface area contributed by atoms with Crippen molar-refractivity contribution in [3.05, 3.63) is 107 Å². The summed E-state index contributed by atoms with van der Waals surface area (Å²) in [6.07, 6.45) is 0. The predicted molar refractivity (Wildman–Crippen MR) is 92.2 cm³/mol. The second kappa shape index (κ2) is 7.70. The van der Waals surface area contributed by atoms with E-state index in [1.165, 1.54) is 17.2 Å². The molecule has 3 rings (SSSR count). The van der Waals surface area contributed by atoms with E-state index >= 15 is 0 Å². The molecular weight excluding hydrogens is 285 g/mol. The molecule has 3 aromatic rings. The van der Waals surface area contributed by atoms with Crippen LogP contribution in [-0.4, -0.2) is 4.90 Å². The van der Waals surface area contributed by atoms with E-state index in [1.54, 1.807) is 12.1 Å². The number of benzene rings is 3. The van der Waals surface area contributed by atoms with Crippen LogP contribution in [0.4, 0.5) is 4.39 Å². The number of nitrogens with zero attached hydrogens (tertiary/aromatic N) is 1. The minimum Gasteiger partial charge on any atom is -0.291 e. The van der Waals surface area contributed by atoms with Crippen molar-refractivity contribution in [2.75, 3.05) is 0 Å². The third kappa shape index (κ3) is 4.76. The molecule has 0 saturated carbocycles. The molecular formula is C21H20FN. The highest BCUT2D eigenvalue weighted by atomic mass is 19.1. The molecule has 2 heteroatoms. The van der Waals surface area contributed by atoms with Crippen molar-refractivity contribution < 1.29 is 4.39 Å². The summed E-state index contributed by atoms with van der Waals surface area (Å²) in [5, 5.41) is 0. The largest absolute Gasteiger partial charge is 0.291 e. The van der Waals surface area contributed by atoms with E-state index in [1.807, 2.05) is 18.2 Å². The van der Waals surface area contributed by atoms with Crippen LogP contribution in [0.3, 0.4) is 0 Å². The fourth-order valence-electron chi connectivity index (χ4n) is 2.74. The van der Waals surface area contributed by atoms with Crippen LogP contribution in [-0.2, 0) is 19.6 Å². The number of hydrogen-bond donors (Lipinski definition) is 0. The van der Waals surface area contributed by atoms with Gasteiger partial charge in [-0.1, -0.05) is 72.8 Å². The fraction of sp³-hybridized carbons (Fsp3) is 0.143. The van der Waals surface area contributed by atoms with Gasteiger partial charge in [0.15, 0.2) is 0 Å².